The minimum Gasteiger partial charge on any atom is -0.493 e. The zero-order valence-electron chi connectivity index (χ0n) is 18.3. The first-order valence-corrected chi connectivity index (χ1v) is 11.4. The van der Waals surface area contributed by atoms with Gasteiger partial charge in [-0.25, -0.2) is 0 Å². The van der Waals surface area contributed by atoms with Crippen LogP contribution in [-0.2, 0) is 0 Å². The first-order valence-electron chi connectivity index (χ1n) is 10.7. The summed E-state index contributed by atoms with van der Waals surface area (Å²) in [5.74, 6) is 2.41. The molecule has 0 aliphatic rings. The molecule has 3 aromatic carbocycles. The summed E-state index contributed by atoms with van der Waals surface area (Å²) in [6.45, 7) is 5.73. The standard InChI is InChI=1S/C26H28BrNO4/c1-19(2)14-15-32-25-13-8-20(27)18-24(25)26(29)28-21-9-11-23(12-10-21)31-17-16-30-22-6-4-3-5-7-22/h3-13,18-19H,14-17H2,1-2H3,(H,28,29). The molecular weight excluding hydrogens is 470 g/mol. The quantitative estimate of drug-likeness (QED) is 0.303. The molecule has 0 fully saturated rings. The van der Waals surface area contributed by atoms with E-state index in [1.165, 1.54) is 0 Å². The number of hydrogen-bond donors (Lipinski definition) is 1. The van der Waals surface area contributed by atoms with E-state index in [9.17, 15) is 4.79 Å². The number of nitrogens with one attached hydrogen (secondary N) is 1. The summed E-state index contributed by atoms with van der Waals surface area (Å²) in [6.07, 6.45) is 0.926. The zero-order valence-corrected chi connectivity index (χ0v) is 19.9. The van der Waals surface area contributed by atoms with Crippen LogP contribution < -0.4 is 19.5 Å². The number of carbonyl (C=O) groups is 1. The molecule has 32 heavy (non-hydrogen) atoms. The Morgan fingerprint density at radius 1 is 0.844 bits per heavy atom. The number of para-hydroxylation sites is 1. The normalized spacial score (nSPS) is 10.6. The Hall–Kier alpha value is -2.99. The summed E-state index contributed by atoms with van der Waals surface area (Å²) in [6, 6.07) is 22.3. The van der Waals surface area contributed by atoms with Crippen LogP contribution in [0, 0.1) is 5.92 Å². The van der Waals surface area contributed by atoms with Crippen molar-refractivity contribution in [3.05, 3.63) is 82.8 Å². The lowest BCUT2D eigenvalue weighted by atomic mass is 10.1. The van der Waals surface area contributed by atoms with E-state index in [-0.39, 0.29) is 5.91 Å². The summed E-state index contributed by atoms with van der Waals surface area (Å²) >= 11 is 3.43. The first kappa shape index (κ1) is 23.7. The maximum Gasteiger partial charge on any atom is 0.259 e. The molecule has 1 N–H and O–H groups in total. The summed E-state index contributed by atoms with van der Waals surface area (Å²) < 4.78 is 18.0. The van der Waals surface area contributed by atoms with Crippen molar-refractivity contribution in [2.45, 2.75) is 20.3 Å². The van der Waals surface area contributed by atoms with E-state index in [0.29, 0.717) is 48.5 Å². The number of anilines is 1. The van der Waals surface area contributed by atoms with Crippen LogP contribution >= 0.6 is 15.9 Å². The fraction of sp³-hybridized carbons (Fsp3) is 0.269. The van der Waals surface area contributed by atoms with Gasteiger partial charge < -0.3 is 19.5 Å². The molecule has 0 aliphatic heterocycles. The van der Waals surface area contributed by atoms with Crippen molar-refractivity contribution in [2.75, 3.05) is 25.1 Å². The average Bonchev–Trinajstić information content (AvgIpc) is 2.79. The molecular formula is C26H28BrNO4. The highest BCUT2D eigenvalue weighted by atomic mass is 79.9. The minimum absolute atomic E-state index is 0.226. The molecule has 0 saturated heterocycles. The van der Waals surface area contributed by atoms with Gasteiger partial charge in [0.15, 0.2) is 0 Å². The molecule has 1 amide bonds. The highest BCUT2D eigenvalue weighted by Crippen LogP contribution is 2.25. The van der Waals surface area contributed by atoms with E-state index in [0.717, 1.165) is 16.6 Å². The zero-order chi connectivity index (χ0) is 22.8. The minimum atomic E-state index is -0.226. The third-order valence-electron chi connectivity index (χ3n) is 4.62. The monoisotopic (exact) mass is 497 g/mol. The maximum absolute atomic E-state index is 12.9. The van der Waals surface area contributed by atoms with Gasteiger partial charge in [0.25, 0.3) is 5.91 Å². The Bertz CT molecular complexity index is 990. The Morgan fingerprint density at radius 2 is 1.50 bits per heavy atom. The molecule has 0 heterocycles. The Balaban J connectivity index is 1.52. The largest absolute Gasteiger partial charge is 0.493 e. The molecule has 168 valence electrons. The van der Waals surface area contributed by atoms with Crippen LogP contribution in [0.5, 0.6) is 17.2 Å². The third-order valence-corrected chi connectivity index (χ3v) is 5.11. The van der Waals surface area contributed by atoms with Crippen LogP contribution in [0.2, 0.25) is 0 Å². The average molecular weight is 498 g/mol. The van der Waals surface area contributed by atoms with E-state index in [1.54, 1.807) is 6.07 Å². The Morgan fingerprint density at radius 3 is 2.16 bits per heavy atom. The van der Waals surface area contributed by atoms with Gasteiger partial charge in [-0.2, -0.15) is 0 Å². The van der Waals surface area contributed by atoms with E-state index < -0.39 is 0 Å². The molecule has 3 rings (SSSR count). The maximum atomic E-state index is 12.9. The number of rotatable bonds is 11. The topological polar surface area (TPSA) is 56.8 Å². The smallest absolute Gasteiger partial charge is 0.259 e. The second-order valence-electron chi connectivity index (χ2n) is 7.66. The Kier molecular flexibility index (Phi) is 8.99. The van der Waals surface area contributed by atoms with Gasteiger partial charge in [0, 0.05) is 10.2 Å². The summed E-state index contributed by atoms with van der Waals surface area (Å²) in [7, 11) is 0. The third kappa shape index (κ3) is 7.61. The molecule has 0 radical (unpaired) electrons. The lowest BCUT2D eigenvalue weighted by Gasteiger charge is -2.13. The van der Waals surface area contributed by atoms with Crippen molar-refractivity contribution in [3.8, 4) is 17.2 Å². The fourth-order valence-electron chi connectivity index (χ4n) is 2.88. The second-order valence-corrected chi connectivity index (χ2v) is 8.58. The van der Waals surface area contributed by atoms with E-state index >= 15 is 0 Å². The second kappa shape index (κ2) is 12.2. The molecule has 0 saturated carbocycles. The van der Waals surface area contributed by atoms with Crippen molar-refractivity contribution in [1.29, 1.82) is 0 Å². The number of hydrogen-bond acceptors (Lipinski definition) is 4. The van der Waals surface area contributed by atoms with Crippen LogP contribution in [0.3, 0.4) is 0 Å². The summed E-state index contributed by atoms with van der Waals surface area (Å²) in [4.78, 5) is 12.9. The predicted molar refractivity (Wildman–Crippen MR) is 131 cm³/mol. The molecule has 0 spiro atoms. The SMILES string of the molecule is CC(C)CCOc1ccc(Br)cc1C(=O)Nc1ccc(OCCOc2ccccc2)cc1. The van der Waals surface area contributed by atoms with Gasteiger partial charge in [0.2, 0.25) is 0 Å². The molecule has 6 heteroatoms. The van der Waals surface area contributed by atoms with Crippen molar-refractivity contribution < 1.29 is 19.0 Å². The fourth-order valence-corrected chi connectivity index (χ4v) is 3.24. The van der Waals surface area contributed by atoms with Crippen LogP contribution in [-0.4, -0.2) is 25.7 Å². The number of carbonyl (C=O) groups excluding carboxylic acids is 1. The molecule has 0 bridgehead atoms. The first-order chi connectivity index (χ1) is 15.5. The molecule has 3 aromatic rings. The van der Waals surface area contributed by atoms with E-state index in [1.807, 2.05) is 66.7 Å². The van der Waals surface area contributed by atoms with Crippen molar-refractivity contribution in [3.63, 3.8) is 0 Å². The van der Waals surface area contributed by atoms with Gasteiger partial charge in [-0.05, 0) is 66.9 Å². The van der Waals surface area contributed by atoms with Crippen molar-refractivity contribution in [2.24, 2.45) is 5.92 Å². The predicted octanol–water partition coefficient (Wildman–Crippen LogP) is 6.58. The van der Waals surface area contributed by atoms with Crippen LogP contribution in [0.25, 0.3) is 0 Å². The lowest BCUT2D eigenvalue weighted by molar-refractivity contribution is 0.102. The summed E-state index contributed by atoms with van der Waals surface area (Å²) in [5.41, 5.74) is 1.16. The Labute approximate surface area is 197 Å². The van der Waals surface area contributed by atoms with Crippen molar-refractivity contribution in [1.82, 2.24) is 0 Å². The number of ether oxygens (including phenoxy) is 3. The highest BCUT2D eigenvalue weighted by molar-refractivity contribution is 9.10. The van der Waals surface area contributed by atoms with Gasteiger partial charge in [0.1, 0.15) is 30.5 Å². The van der Waals surface area contributed by atoms with Gasteiger partial charge in [-0.3, -0.25) is 4.79 Å². The number of amides is 1. The summed E-state index contributed by atoms with van der Waals surface area (Å²) in [5, 5.41) is 2.92. The van der Waals surface area contributed by atoms with Crippen molar-refractivity contribution >= 4 is 27.5 Å². The lowest BCUT2D eigenvalue weighted by Crippen LogP contribution is -2.14. The van der Waals surface area contributed by atoms with Crippen LogP contribution in [0.15, 0.2) is 77.3 Å². The molecule has 0 atom stereocenters. The molecule has 5 nitrogen and oxygen atoms in total. The number of halogens is 1. The van der Waals surface area contributed by atoms with Gasteiger partial charge in [-0.15, -0.1) is 0 Å². The molecule has 0 aliphatic carbocycles. The highest BCUT2D eigenvalue weighted by Gasteiger charge is 2.14. The van der Waals surface area contributed by atoms with Gasteiger partial charge >= 0.3 is 0 Å². The van der Waals surface area contributed by atoms with E-state index in [2.05, 4.69) is 35.1 Å². The van der Waals surface area contributed by atoms with E-state index in [4.69, 9.17) is 14.2 Å². The van der Waals surface area contributed by atoms with Gasteiger partial charge in [0.05, 0.1) is 12.2 Å². The molecule has 0 unspecified atom stereocenters. The van der Waals surface area contributed by atoms with Gasteiger partial charge in [-0.1, -0.05) is 48.0 Å². The van der Waals surface area contributed by atoms with Crippen LogP contribution in [0.4, 0.5) is 5.69 Å². The van der Waals surface area contributed by atoms with Crippen LogP contribution in [0.1, 0.15) is 30.6 Å². The molecule has 0 aromatic heterocycles. The number of benzene rings is 3.